The summed E-state index contributed by atoms with van der Waals surface area (Å²) in [6.07, 6.45) is 0. The lowest BCUT2D eigenvalue weighted by atomic mass is 9.93. The molecule has 0 unspecified atom stereocenters. The lowest BCUT2D eigenvalue weighted by Crippen LogP contribution is -2.36. The zero-order valence-electron chi connectivity index (χ0n) is 11.6. The summed E-state index contributed by atoms with van der Waals surface area (Å²) >= 11 is 1.60. The van der Waals surface area contributed by atoms with Crippen molar-refractivity contribution in [2.75, 3.05) is 20.1 Å². The molecule has 0 aliphatic carbocycles. The number of nitrogens with two attached hydrogens (primary N) is 1. The molecule has 0 saturated carbocycles. The Kier molecular flexibility index (Phi) is 4.34. The Morgan fingerprint density at radius 1 is 1.47 bits per heavy atom. The number of rotatable bonds is 6. The molecule has 0 aromatic carbocycles. The molecule has 0 fully saturated rings. The van der Waals surface area contributed by atoms with E-state index in [0.717, 1.165) is 11.4 Å². The first-order chi connectivity index (χ1) is 9.00. The van der Waals surface area contributed by atoms with E-state index in [2.05, 4.69) is 28.9 Å². The van der Waals surface area contributed by atoms with E-state index in [1.54, 1.807) is 11.3 Å². The van der Waals surface area contributed by atoms with Crippen molar-refractivity contribution in [2.24, 2.45) is 11.1 Å². The van der Waals surface area contributed by atoms with E-state index in [-0.39, 0.29) is 5.41 Å². The highest BCUT2D eigenvalue weighted by molar-refractivity contribution is 7.13. The Labute approximate surface area is 117 Å². The highest BCUT2D eigenvalue weighted by atomic mass is 32.1. The predicted octanol–water partition coefficient (Wildman–Crippen LogP) is 2.21. The first-order valence-corrected chi connectivity index (χ1v) is 7.13. The number of hydrogen-bond acceptors (Lipinski definition) is 6. The van der Waals surface area contributed by atoms with Crippen LogP contribution in [-0.4, -0.2) is 35.2 Å². The maximum atomic E-state index is 5.74. The average molecular weight is 280 g/mol. The molecule has 0 bridgehead atoms. The van der Waals surface area contributed by atoms with E-state index < -0.39 is 0 Å². The Hall–Kier alpha value is -1.24. The molecule has 0 aliphatic heterocycles. The third kappa shape index (κ3) is 3.86. The fourth-order valence-electron chi connectivity index (χ4n) is 1.91. The molecule has 19 heavy (non-hydrogen) atoms. The van der Waals surface area contributed by atoms with Gasteiger partial charge in [0.2, 0.25) is 0 Å². The van der Waals surface area contributed by atoms with E-state index in [0.29, 0.717) is 24.8 Å². The summed E-state index contributed by atoms with van der Waals surface area (Å²) in [4.78, 5) is 7.57. The quantitative estimate of drug-likeness (QED) is 0.878. The summed E-state index contributed by atoms with van der Waals surface area (Å²) in [6, 6.07) is 3.95. The normalized spacial score (nSPS) is 12.3. The van der Waals surface area contributed by atoms with Gasteiger partial charge in [-0.25, -0.2) is 0 Å². The zero-order chi connectivity index (χ0) is 13.9. The average Bonchev–Trinajstić information content (AvgIpc) is 2.97. The SMILES string of the molecule is CN(Cc1noc(-c2cccs2)n1)CC(C)(C)CN. The van der Waals surface area contributed by atoms with Crippen molar-refractivity contribution < 1.29 is 4.52 Å². The van der Waals surface area contributed by atoms with Crippen molar-refractivity contribution in [1.82, 2.24) is 15.0 Å². The Balaban J connectivity index is 1.97. The Morgan fingerprint density at radius 3 is 2.89 bits per heavy atom. The van der Waals surface area contributed by atoms with Crippen LogP contribution in [0.2, 0.25) is 0 Å². The van der Waals surface area contributed by atoms with E-state index >= 15 is 0 Å². The van der Waals surface area contributed by atoms with Crippen molar-refractivity contribution in [1.29, 1.82) is 0 Å². The van der Waals surface area contributed by atoms with Gasteiger partial charge in [0.05, 0.1) is 11.4 Å². The Morgan fingerprint density at radius 2 is 2.26 bits per heavy atom. The molecule has 5 nitrogen and oxygen atoms in total. The second-order valence-corrected chi connectivity index (χ2v) is 6.48. The standard InChI is InChI=1S/C13H20N4OS/c1-13(2,8-14)9-17(3)7-11-15-12(18-16-11)10-5-4-6-19-10/h4-6H,7-9,14H2,1-3H3. The number of thiophene rings is 1. The molecule has 0 aliphatic rings. The molecule has 0 amide bonds. The van der Waals surface area contributed by atoms with Gasteiger partial charge < -0.3 is 10.3 Å². The molecule has 104 valence electrons. The van der Waals surface area contributed by atoms with E-state index in [9.17, 15) is 0 Å². The smallest absolute Gasteiger partial charge is 0.268 e. The molecular weight excluding hydrogens is 260 g/mol. The van der Waals surface area contributed by atoms with E-state index in [4.69, 9.17) is 10.3 Å². The molecule has 6 heteroatoms. The van der Waals surface area contributed by atoms with E-state index in [1.807, 2.05) is 24.6 Å². The van der Waals surface area contributed by atoms with Gasteiger partial charge in [0.1, 0.15) is 0 Å². The fourth-order valence-corrected chi connectivity index (χ4v) is 2.56. The fraction of sp³-hybridized carbons (Fsp3) is 0.538. The maximum absolute atomic E-state index is 5.74. The topological polar surface area (TPSA) is 68.2 Å². The van der Waals surface area contributed by atoms with Gasteiger partial charge in [0, 0.05) is 6.54 Å². The van der Waals surface area contributed by atoms with Crippen molar-refractivity contribution >= 4 is 11.3 Å². The van der Waals surface area contributed by atoms with Gasteiger partial charge in [-0.3, -0.25) is 4.90 Å². The third-order valence-electron chi connectivity index (χ3n) is 2.86. The van der Waals surface area contributed by atoms with Crippen molar-refractivity contribution in [3.8, 4) is 10.8 Å². The minimum absolute atomic E-state index is 0.0923. The predicted molar refractivity (Wildman–Crippen MR) is 76.8 cm³/mol. The monoisotopic (exact) mass is 280 g/mol. The summed E-state index contributed by atoms with van der Waals surface area (Å²) in [5.41, 5.74) is 5.83. The molecule has 2 aromatic rings. The van der Waals surface area contributed by atoms with Crippen molar-refractivity contribution in [2.45, 2.75) is 20.4 Å². The molecule has 2 N–H and O–H groups in total. The first kappa shape index (κ1) is 14.2. The van der Waals surface area contributed by atoms with Crippen LogP contribution in [0.5, 0.6) is 0 Å². The molecular formula is C13H20N4OS. The highest BCUT2D eigenvalue weighted by Crippen LogP contribution is 2.23. The molecule has 2 aromatic heterocycles. The van der Waals surface area contributed by atoms with Crippen molar-refractivity contribution in [3.05, 3.63) is 23.3 Å². The molecule has 0 radical (unpaired) electrons. The largest absolute Gasteiger partial charge is 0.333 e. The molecule has 0 saturated heterocycles. The van der Waals surface area contributed by atoms with Crippen LogP contribution >= 0.6 is 11.3 Å². The summed E-state index contributed by atoms with van der Waals surface area (Å²) in [6.45, 7) is 6.52. The van der Waals surface area contributed by atoms with Crippen LogP contribution in [0, 0.1) is 5.41 Å². The van der Waals surface area contributed by atoms with Crippen LogP contribution in [0.1, 0.15) is 19.7 Å². The van der Waals surface area contributed by atoms with Crippen molar-refractivity contribution in [3.63, 3.8) is 0 Å². The minimum Gasteiger partial charge on any atom is -0.333 e. The first-order valence-electron chi connectivity index (χ1n) is 6.25. The van der Waals surface area contributed by atoms with E-state index in [1.165, 1.54) is 0 Å². The second-order valence-electron chi connectivity index (χ2n) is 5.53. The van der Waals surface area contributed by atoms with Crippen LogP contribution < -0.4 is 5.73 Å². The van der Waals surface area contributed by atoms with Crippen LogP contribution in [0.15, 0.2) is 22.0 Å². The molecule has 0 spiro atoms. The van der Waals surface area contributed by atoms with Crippen LogP contribution in [0.3, 0.4) is 0 Å². The summed E-state index contributed by atoms with van der Waals surface area (Å²) in [5.74, 6) is 1.30. The highest BCUT2D eigenvalue weighted by Gasteiger charge is 2.19. The molecule has 2 rings (SSSR count). The third-order valence-corrected chi connectivity index (χ3v) is 3.72. The zero-order valence-corrected chi connectivity index (χ0v) is 12.4. The lowest BCUT2D eigenvalue weighted by Gasteiger charge is -2.28. The summed E-state index contributed by atoms with van der Waals surface area (Å²) in [7, 11) is 2.04. The van der Waals surface area contributed by atoms with Gasteiger partial charge in [-0.15, -0.1) is 11.3 Å². The number of hydrogen-bond donors (Lipinski definition) is 1. The second kappa shape index (κ2) is 5.81. The van der Waals surface area contributed by atoms with Gasteiger partial charge in [0.15, 0.2) is 5.82 Å². The van der Waals surface area contributed by atoms with Gasteiger partial charge >= 0.3 is 0 Å². The lowest BCUT2D eigenvalue weighted by molar-refractivity contribution is 0.204. The van der Waals surface area contributed by atoms with Gasteiger partial charge in [0.25, 0.3) is 5.89 Å². The number of nitrogens with zero attached hydrogens (tertiary/aromatic N) is 3. The molecule has 0 atom stereocenters. The Bertz CT molecular complexity index is 506. The summed E-state index contributed by atoms with van der Waals surface area (Å²) < 4.78 is 5.26. The van der Waals surface area contributed by atoms with Crippen LogP contribution in [0.4, 0.5) is 0 Å². The molecule has 2 heterocycles. The van der Waals surface area contributed by atoms with Crippen LogP contribution in [-0.2, 0) is 6.54 Å². The van der Waals surface area contributed by atoms with Gasteiger partial charge in [-0.05, 0) is 30.5 Å². The summed E-state index contributed by atoms with van der Waals surface area (Å²) in [5, 5.41) is 6.01. The van der Waals surface area contributed by atoms with Gasteiger partial charge in [-0.2, -0.15) is 4.98 Å². The van der Waals surface area contributed by atoms with Crippen LogP contribution in [0.25, 0.3) is 10.8 Å². The number of aromatic nitrogens is 2. The maximum Gasteiger partial charge on any atom is 0.268 e. The minimum atomic E-state index is 0.0923. The van der Waals surface area contributed by atoms with Gasteiger partial charge in [-0.1, -0.05) is 25.1 Å².